The summed E-state index contributed by atoms with van der Waals surface area (Å²) < 4.78 is 58.6. The number of allylic oxidation sites excluding steroid dienone is 2. The molecule has 2 aliphatic heterocycles. The fraction of sp³-hybridized carbons (Fsp3) is 0.190. The summed E-state index contributed by atoms with van der Waals surface area (Å²) >= 11 is 6.16. The summed E-state index contributed by atoms with van der Waals surface area (Å²) in [4.78, 5) is 11.9. The van der Waals surface area contributed by atoms with Gasteiger partial charge in [0.2, 0.25) is 9.84 Å². The van der Waals surface area contributed by atoms with Gasteiger partial charge in [-0.2, -0.15) is 0 Å². The number of carbonyl (C=O) groups excluding carboxylic acids is 1. The number of rotatable bonds is 2. The van der Waals surface area contributed by atoms with Gasteiger partial charge in [-0.3, -0.25) is 0 Å². The molecule has 0 aromatic heterocycles. The Labute approximate surface area is 185 Å². The van der Waals surface area contributed by atoms with E-state index in [4.69, 9.17) is 16.3 Å². The Kier molecular flexibility index (Phi) is 5.23. The molecular formula is C21H18ClNO6S2. The van der Waals surface area contributed by atoms with E-state index in [1.807, 2.05) is 0 Å². The first-order valence-corrected chi connectivity index (χ1v) is 12.7. The van der Waals surface area contributed by atoms with Crippen molar-refractivity contribution in [2.75, 3.05) is 12.9 Å². The predicted molar refractivity (Wildman–Crippen MR) is 115 cm³/mol. The fourth-order valence-electron chi connectivity index (χ4n) is 4.00. The minimum absolute atomic E-state index is 0.00586. The number of hydrogen-bond acceptors (Lipinski definition) is 7. The van der Waals surface area contributed by atoms with Gasteiger partial charge in [-0.05, 0) is 36.8 Å². The highest BCUT2D eigenvalue weighted by atomic mass is 35.5. The molecule has 0 saturated heterocycles. The number of halogens is 1. The third kappa shape index (κ3) is 3.46. The second-order valence-corrected chi connectivity index (χ2v) is 11.5. The summed E-state index contributed by atoms with van der Waals surface area (Å²) in [5.41, 5.74) is 0.823. The molecule has 7 nitrogen and oxygen atoms in total. The first-order valence-electron chi connectivity index (χ1n) is 9.19. The average molecular weight is 480 g/mol. The zero-order valence-electron chi connectivity index (χ0n) is 16.5. The van der Waals surface area contributed by atoms with E-state index in [1.165, 1.54) is 31.4 Å². The number of ether oxygens (including phenoxy) is 1. The van der Waals surface area contributed by atoms with Crippen LogP contribution in [0, 0.1) is 0 Å². The number of sulfone groups is 2. The van der Waals surface area contributed by atoms with Crippen molar-refractivity contribution in [1.29, 1.82) is 0 Å². The third-order valence-electron chi connectivity index (χ3n) is 5.28. The van der Waals surface area contributed by atoms with E-state index in [0.717, 1.165) is 0 Å². The minimum Gasteiger partial charge on any atom is -0.466 e. The highest BCUT2D eigenvalue weighted by Crippen LogP contribution is 2.46. The van der Waals surface area contributed by atoms with Gasteiger partial charge in [0.25, 0.3) is 0 Å². The summed E-state index contributed by atoms with van der Waals surface area (Å²) in [6, 6.07) is 11.9. The summed E-state index contributed by atoms with van der Waals surface area (Å²) in [5, 5.41) is 3.20. The van der Waals surface area contributed by atoms with Gasteiger partial charge in [0.05, 0.1) is 39.0 Å². The van der Waals surface area contributed by atoms with Gasteiger partial charge in [0.1, 0.15) is 0 Å². The lowest BCUT2D eigenvalue weighted by Crippen LogP contribution is -2.33. The normalized spacial score (nSPS) is 21.5. The lowest BCUT2D eigenvalue weighted by atomic mass is 9.86. The van der Waals surface area contributed by atoms with Crippen LogP contribution in [0.5, 0.6) is 0 Å². The molecule has 2 aliphatic rings. The molecular weight excluding hydrogens is 462 g/mol. The zero-order valence-corrected chi connectivity index (χ0v) is 18.9. The smallest absolute Gasteiger partial charge is 0.336 e. The van der Waals surface area contributed by atoms with Crippen LogP contribution in [0.3, 0.4) is 0 Å². The van der Waals surface area contributed by atoms with Gasteiger partial charge in [-0.25, -0.2) is 21.6 Å². The molecule has 2 aromatic rings. The Bertz CT molecular complexity index is 1390. The molecule has 1 unspecified atom stereocenters. The summed E-state index contributed by atoms with van der Waals surface area (Å²) in [6.45, 7) is 1.57. The van der Waals surface area contributed by atoms with Crippen LogP contribution in [-0.2, 0) is 29.2 Å². The van der Waals surface area contributed by atoms with Crippen molar-refractivity contribution < 1.29 is 26.4 Å². The molecule has 1 N–H and O–H groups in total. The molecule has 2 aromatic carbocycles. The fourth-order valence-corrected chi connectivity index (χ4v) is 8.27. The van der Waals surface area contributed by atoms with Gasteiger partial charge in [0.15, 0.2) is 9.84 Å². The largest absolute Gasteiger partial charge is 0.466 e. The Morgan fingerprint density at radius 1 is 1.06 bits per heavy atom. The van der Waals surface area contributed by atoms with E-state index >= 15 is 0 Å². The van der Waals surface area contributed by atoms with E-state index < -0.39 is 37.3 Å². The van der Waals surface area contributed by atoms with Gasteiger partial charge in [0, 0.05) is 16.4 Å². The average Bonchev–Trinajstić information content (AvgIpc) is 2.78. The van der Waals surface area contributed by atoms with E-state index in [1.54, 1.807) is 31.2 Å². The molecule has 0 amide bonds. The Hall–Kier alpha value is -2.62. The number of methoxy groups -OCH3 is 1. The lowest BCUT2D eigenvalue weighted by molar-refractivity contribution is -0.136. The number of dihydropyridines is 1. The highest BCUT2D eigenvalue weighted by Gasteiger charge is 2.45. The molecule has 162 valence electrons. The maximum atomic E-state index is 13.8. The van der Waals surface area contributed by atoms with Gasteiger partial charge >= 0.3 is 5.97 Å². The Balaban J connectivity index is 2.10. The van der Waals surface area contributed by atoms with Crippen LogP contribution >= 0.6 is 11.6 Å². The molecule has 4 rings (SSSR count). The second kappa shape index (κ2) is 7.51. The first kappa shape index (κ1) is 21.6. The molecule has 10 heteroatoms. The van der Waals surface area contributed by atoms with Gasteiger partial charge in [-0.1, -0.05) is 35.9 Å². The summed E-state index contributed by atoms with van der Waals surface area (Å²) in [6.07, 6.45) is 0. The van der Waals surface area contributed by atoms with Crippen LogP contribution < -0.4 is 5.32 Å². The topological polar surface area (TPSA) is 107 Å². The van der Waals surface area contributed by atoms with Crippen LogP contribution in [-0.4, -0.2) is 35.7 Å². The summed E-state index contributed by atoms with van der Waals surface area (Å²) in [7, 11) is -7.07. The standard InChI is InChI=1S/C21H18ClNO6S2/c1-12-18(21(24)29-2)19(13-6-5-7-14(22)10-13)20-15(23-12)11-30(25,26)16-8-3-4-9-17(16)31(20,27)28/h3-10,19,23H,11H2,1-2H3. The van der Waals surface area contributed by atoms with E-state index in [9.17, 15) is 21.6 Å². The predicted octanol–water partition coefficient (Wildman–Crippen LogP) is 2.95. The molecule has 0 saturated carbocycles. The number of hydrogen-bond donors (Lipinski definition) is 1. The van der Waals surface area contributed by atoms with E-state index in [2.05, 4.69) is 5.32 Å². The third-order valence-corrected chi connectivity index (χ3v) is 9.33. The van der Waals surface area contributed by atoms with E-state index in [-0.39, 0.29) is 26.0 Å². The molecule has 0 radical (unpaired) electrons. The van der Waals surface area contributed by atoms with Crippen LogP contribution in [0.25, 0.3) is 0 Å². The van der Waals surface area contributed by atoms with Gasteiger partial charge < -0.3 is 10.1 Å². The van der Waals surface area contributed by atoms with E-state index in [0.29, 0.717) is 16.3 Å². The number of benzene rings is 2. The maximum Gasteiger partial charge on any atom is 0.336 e. The first-order chi connectivity index (χ1) is 14.6. The number of fused-ring (bicyclic) bond motifs is 1. The lowest BCUT2D eigenvalue weighted by Gasteiger charge is -2.31. The van der Waals surface area contributed by atoms with Crippen LogP contribution in [0.15, 0.2) is 80.2 Å². The number of carbonyl (C=O) groups is 1. The SMILES string of the molecule is COC(=O)C1=C(C)NC2=C(C1c1cccc(Cl)c1)S(=O)(=O)c1ccccc1S(=O)(=O)C2. The highest BCUT2D eigenvalue weighted by molar-refractivity contribution is 7.97. The second-order valence-electron chi connectivity index (χ2n) is 7.20. The van der Waals surface area contributed by atoms with Crippen molar-refractivity contribution >= 4 is 37.2 Å². The van der Waals surface area contributed by atoms with Gasteiger partial charge in [-0.15, -0.1) is 0 Å². The Morgan fingerprint density at radius 2 is 1.74 bits per heavy atom. The van der Waals surface area contributed by atoms with Crippen molar-refractivity contribution in [2.24, 2.45) is 0 Å². The number of esters is 1. The van der Waals surface area contributed by atoms with Crippen molar-refractivity contribution in [3.05, 3.63) is 81.0 Å². The number of nitrogens with one attached hydrogen (secondary N) is 1. The van der Waals surface area contributed by atoms with Crippen molar-refractivity contribution in [2.45, 2.75) is 22.6 Å². The van der Waals surface area contributed by atoms with Crippen LogP contribution in [0.4, 0.5) is 0 Å². The monoisotopic (exact) mass is 479 g/mol. The zero-order chi connectivity index (χ0) is 22.6. The quantitative estimate of drug-likeness (QED) is 0.660. The van der Waals surface area contributed by atoms with Crippen molar-refractivity contribution in [1.82, 2.24) is 5.32 Å². The minimum atomic E-state index is -4.31. The molecule has 0 fully saturated rings. The van der Waals surface area contributed by atoms with Crippen LogP contribution in [0.1, 0.15) is 18.4 Å². The molecule has 0 spiro atoms. The molecule has 0 aliphatic carbocycles. The Morgan fingerprint density at radius 3 is 2.39 bits per heavy atom. The molecule has 0 bridgehead atoms. The molecule has 1 atom stereocenters. The maximum absolute atomic E-state index is 13.8. The molecule has 31 heavy (non-hydrogen) atoms. The molecule has 2 heterocycles. The van der Waals surface area contributed by atoms with Crippen molar-refractivity contribution in [3.63, 3.8) is 0 Å². The van der Waals surface area contributed by atoms with Crippen molar-refractivity contribution in [3.8, 4) is 0 Å². The van der Waals surface area contributed by atoms with Crippen LogP contribution in [0.2, 0.25) is 5.02 Å². The summed E-state index contributed by atoms with van der Waals surface area (Å²) in [5.74, 6) is -2.37.